The maximum atomic E-state index is 14.0. The average Bonchev–Trinajstić information content (AvgIpc) is 2.92. The van der Waals surface area contributed by atoms with Crippen LogP contribution in [0.15, 0.2) is 24.3 Å². The van der Waals surface area contributed by atoms with Crippen LogP contribution in [-0.4, -0.2) is 56.7 Å². The molecule has 5 rings (SSSR count). The van der Waals surface area contributed by atoms with Gasteiger partial charge in [0.05, 0.1) is 22.7 Å². The van der Waals surface area contributed by atoms with Gasteiger partial charge in [-0.3, -0.25) is 28.8 Å². The summed E-state index contributed by atoms with van der Waals surface area (Å²) in [5.74, 6) is -13.1. The molecule has 5 atom stereocenters. The standard InChI is InChI=1S/C31H30FN3O9/c1-11(2)16-10-20(35-30(43)34-15-4-5-19(32)17(9-15)12(3)36)25(38)23-18(16)7-13-6-14-8-21(37)24(29(33)42)28(41)31(14,44)27(40)22(13)26(23)39/h4-5,9-11,13-14,22,24,38,44H,6-8H2,1-3H3,(H2,33,42)(H2,34,35,43)/t13-,14+,22?,24?,31+/m1/s1. The first-order chi connectivity index (χ1) is 20.6. The number of hydrogen-bond acceptors (Lipinski definition) is 9. The van der Waals surface area contributed by atoms with Crippen LogP contribution in [0.1, 0.15) is 71.4 Å². The van der Waals surface area contributed by atoms with Crippen LogP contribution >= 0.6 is 0 Å². The van der Waals surface area contributed by atoms with Crippen LogP contribution < -0.4 is 16.4 Å². The number of ketones is 5. The van der Waals surface area contributed by atoms with E-state index in [1.54, 1.807) is 0 Å². The van der Waals surface area contributed by atoms with Gasteiger partial charge in [0.2, 0.25) is 5.91 Å². The Kier molecular flexibility index (Phi) is 7.48. The van der Waals surface area contributed by atoms with E-state index in [4.69, 9.17) is 5.73 Å². The lowest BCUT2D eigenvalue weighted by molar-refractivity contribution is -0.175. The summed E-state index contributed by atoms with van der Waals surface area (Å²) in [4.78, 5) is 89.8. The van der Waals surface area contributed by atoms with Crippen LogP contribution in [-0.2, 0) is 25.6 Å². The third-order valence-corrected chi connectivity index (χ3v) is 8.91. The van der Waals surface area contributed by atoms with Crippen molar-refractivity contribution in [3.8, 4) is 5.75 Å². The summed E-state index contributed by atoms with van der Waals surface area (Å²) in [6.45, 7) is 4.81. The van der Waals surface area contributed by atoms with E-state index in [0.29, 0.717) is 11.1 Å². The Morgan fingerprint density at radius 2 is 1.73 bits per heavy atom. The topological polar surface area (TPSA) is 210 Å². The summed E-state index contributed by atoms with van der Waals surface area (Å²) in [5.41, 5.74) is 2.85. The summed E-state index contributed by atoms with van der Waals surface area (Å²) in [5, 5.41) is 27.5. The number of carbonyl (C=O) groups is 7. The fraction of sp³-hybridized carbons (Fsp3) is 0.387. The first kappa shape index (κ1) is 30.7. The number of primary amides is 1. The number of rotatable bonds is 5. The van der Waals surface area contributed by atoms with Gasteiger partial charge in [0.15, 0.2) is 40.4 Å². The van der Waals surface area contributed by atoms with E-state index in [1.807, 2.05) is 13.8 Å². The minimum atomic E-state index is -2.78. The predicted molar refractivity (Wildman–Crippen MR) is 152 cm³/mol. The second-order valence-corrected chi connectivity index (χ2v) is 11.9. The quantitative estimate of drug-likeness (QED) is 0.192. The molecule has 44 heavy (non-hydrogen) atoms. The van der Waals surface area contributed by atoms with Crippen molar-refractivity contribution in [2.24, 2.45) is 29.4 Å². The Morgan fingerprint density at radius 3 is 2.34 bits per heavy atom. The number of aromatic hydroxyl groups is 1. The number of aliphatic hydroxyl groups is 1. The molecule has 3 aliphatic rings. The Hall–Kier alpha value is -4.78. The molecular weight excluding hydrogens is 577 g/mol. The van der Waals surface area contributed by atoms with E-state index in [9.17, 15) is 48.2 Å². The molecule has 0 radical (unpaired) electrons. The molecule has 0 saturated heterocycles. The Balaban J connectivity index is 1.51. The first-order valence-corrected chi connectivity index (χ1v) is 14.0. The third kappa shape index (κ3) is 4.67. The fourth-order valence-corrected chi connectivity index (χ4v) is 6.83. The van der Waals surface area contributed by atoms with Crippen molar-refractivity contribution in [1.82, 2.24) is 0 Å². The SMILES string of the molecule is CC(=O)c1cc(NC(=O)Nc2cc(C(C)C)c3c(c2O)C(=O)C2C(=O)[C@]4(O)C(=O)C(C(N)=O)C(=O)C[C@@H]4C[C@@H]2C3)ccc1F. The van der Waals surface area contributed by atoms with E-state index in [2.05, 4.69) is 10.6 Å². The number of nitrogens with one attached hydrogen (secondary N) is 2. The largest absolute Gasteiger partial charge is 0.505 e. The van der Waals surface area contributed by atoms with Gasteiger partial charge in [0.25, 0.3) is 0 Å². The minimum Gasteiger partial charge on any atom is -0.505 e. The van der Waals surface area contributed by atoms with Gasteiger partial charge in [0.1, 0.15) is 11.6 Å². The summed E-state index contributed by atoms with van der Waals surface area (Å²) >= 11 is 0. The van der Waals surface area contributed by atoms with Gasteiger partial charge in [-0.1, -0.05) is 13.8 Å². The number of Topliss-reactive ketones (excluding diaryl/α,β-unsaturated/α-hetero) is 5. The molecule has 0 aliphatic heterocycles. The lowest BCUT2D eigenvalue weighted by atomic mass is 9.53. The van der Waals surface area contributed by atoms with E-state index < -0.39 is 88.1 Å². The van der Waals surface area contributed by atoms with E-state index in [-0.39, 0.29) is 41.3 Å². The number of carbonyl (C=O) groups excluding carboxylic acids is 7. The molecular formula is C31H30FN3O9. The molecule has 0 spiro atoms. The molecule has 3 amide bonds. The highest BCUT2D eigenvalue weighted by molar-refractivity contribution is 6.31. The maximum absolute atomic E-state index is 14.0. The average molecular weight is 608 g/mol. The number of phenols is 1. The molecule has 230 valence electrons. The van der Waals surface area contributed by atoms with Crippen molar-refractivity contribution in [3.63, 3.8) is 0 Å². The smallest absolute Gasteiger partial charge is 0.323 e. The molecule has 3 aliphatic carbocycles. The van der Waals surface area contributed by atoms with Gasteiger partial charge in [-0.25, -0.2) is 9.18 Å². The van der Waals surface area contributed by atoms with Crippen LogP contribution in [0.25, 0.3) is 0 Å². The van der Waals surface area contributed by atoms with E-state index in [1.165, 1.54) is 12.1 Å². The minimum absolute atomic E-state index is 0.0400. The Bertz CT molecular complexity index is 1700. The van der Waals surface area contributed by atoms with Gasteiger partial charge in [-0.05, 0) is 67.0 Å². The van der Waals surface area contributed by atoms with Crippen molar-refractivity contribution < 1.29 is 48.2 Å². The van der Waals surface area contributed by atoms with Crippen LogP contribution in [0, 0.1) is 29.5 Å². The fourth-order valence-electron chi connectivity index (χ4n) is 6.83. The van der Waals surface area contributed by atoms with Crippen molar-refractivity contribution in [2.75, 3.05) is 10.6 Å². The molecule has 2 aromatic carbocycles. The van der Waals surface area contributed by atoms with Gasteiger partial charge in [-0.2, -0.15) is 0 Å². The molecule has 0 heterocycles. The molecule has 2 aromatic rings. The number of urea groups is 1. The molecule has 0 aromatic heterocycles. The number of hydrogen-bond donors (Lipinski definition) is 5. The van der Waals surface area contributed by atoms with Crippen LogP contribution in [0.5, 0.6) is 5.75 Å². The van der Waals surface area contributed by atoms with Crippen molar-refractivity contribution in [3.05, 3.63) is 52.3 Å². The lowest BCUT2D eigenvalue weighted by Crippen LogP contribution is -2.68. The number of anilines is 2. The van der Waals surface area contributed by atoms with Crippen molar-refractivity contribution in [2.45, 2.75) is 51.6 Å². The number of fused-ring (bicyclic) bond motifs is 3. The van der Waals surface area contributed by atoms with Gasteiger partial charge in [-0.15, -0.1) is 0 Å². The zero-order chi connectivity index (χ0) is 32.4. The summed E-state index contributed by atoms with van der Waals surface area (Å²) in [6.07, 6.45) is -0.377. The van der Waals surface area contributed by atoms with Crippen LogP contribution in [0.3, 0.4) is 0 Å². The molecule has 12 nitrogen and oxygen atoms in total. The zero-order valence-corrected chi connectivity index (χ0v) is 24.0. The second kappa shape index (κ2) is 10.7. The molecule has 2 fully saturated rings. The number of phenolic OH excluding ortho intramolecular Hbond substituents is 1. The summed E-state index contributed by atoms with van der Waals surface area (Å²) in [6, 6.07) is 3.98. The second-order valence-electron chi connectivity index (χ2n) is 11.9. The highest BCUT2D eigenvalue weighted by Gasteiger charge is 2.66. The normalized spacial score (nSPS) is 26.0. The summed E-state index contributed by atoms with van der Waals surface area (Å²) in [7, 11) is 0. The Morgan fingerprint density at radius 1 is 1.05 bits per heavy atom. The summed E-state index contributed by atoms with van der Waals surface area (Å²) < 4.78 is 13.9. The first-order valence-electron chi connectivity index (χ1n) is 14.0. The number of amides is 3. The molecule has 0 bridgehead atoms. The molecule has 6 N–H and O–H groups in total. The number of benzene rings is 2. The molecule has 2 saturated carbocycles. The lowest BCUT2D eigenvalue weighted by Gasteiger charge is -2.48. The van der Waals surface area contributed by atoms with E-state index in [0.717, 1.165) is 19.1 Å². The van der Waals surface area contributed by atoms with E-state index >= 15 is 0 Å². The monoisotopic (exact) mass is 607 g/mol. The van der Waals surface area contributed by atoms with Crippen LogP contribution in [0.4, 0.5) is 20.6 Å². The van der Waals surface area contributed by atoms with Gasteiger partial charge < -0.3 is 26.6 Å². The van der Waals surface area contributed by atoms with Gasteiger partial charge >= 0.3 is 6.03 Å². The highest BCUT2D eigenvalue weighted by atomic mass is 19.1. The van der Waals surface area contributed by atoms with Crippen molar-refractivity contribution in [1.29, 1.82) is 0 Å². The third-order valence-electron chi connectivity index (χ3n) is 8.91. The maximum Gasteiger partial charge on any atom is 0.323 e. The number of nitrogens with two attached hydrogens (primary N) is 1. The van der Waals surface area contributed by atoms with Gasteiger partial charge in [0, 0.05) is 18.0 Å². The predicted octanol–water partition coefficient (Wildman–Crippen LogP) is 2.44. The number of halogens is 1. The molecule has 2 unspecified atom stereocenters. The van der Waals surface area contributed by atoms with Crippen molar-refractivity contribution >= 4 is 52.2 Å². The highest BCUT2D eigenvalue weighted by Crippen LogP contribution is 2.51. The molecule has 13 heteroatoms. The Labute approximate surface area is 250 Å². The zero-order valence-electron chi connectivity index (χ0n) is 24.0. The van der Waals surface area contributed by atoms with Crippen LogP contribution in [0.2, 0.25) is 0 Å².